The molecule has 1 heterocycles. The van der Waals surface area contributed by atoms with Crippen LogP contribution in [0.4, 0.5) is 0 Å². The van der Waals surface area contributed by atoms with Crippen molar-refractivity contribution in [2.75, 3.05) is 0 Å². The van der Waals surface area contributed by atoms with Crippen LogP contribution in [0.1, 0.15) is 16.7 Å². The minimum absolute atomic E-state index is 0.757. The Labute approximate surface area is 101 Å². The lowest BCUT2D eigenvalue weighted by Crippen LogP contribution is -1.95. The molecule has 2 aromatic rings. The molecule has 0 aromatic heterocycles. The van der Waals surface area contributed by atoms with Gasteiger partial charge in [-0.05, 0) is 22.8 Å². The SMILES string of the molecule is C1=Cc2ccccc2CN=C1c1ccccc1. The zero-order valence-corrected chi connectivity index (χ0v) is 9.51. The molecule has 0 saturated carbocycles. The molecule has 0 aliphatic carbocycles. The second-order valence-electron chi connectivity index (χ2n) is 4.10. The molecule has 1 heteroatoms. The zero-order chi connectivity index (χ0) is 11.5. The molecule has 0 unspecified atom stereocenters. The summed E-state index contributed by atoms with van der Waals surface area (Å²) in [5.74, 6) is 0. The summed E-state index contributed by atoms with van der Waals surface area (Å²) in [4.78, 5) is 4.66. The van der Waals surface area contributed by atoms with Crippen LogP contribution in [0.3, 0.4) is 0 Å². The molecule has 17 heavy (non-hydrogen) atoms. The predicted octanol–water partition coefficient (Wildman–Crippen LogP) is 3.70. The summed E-state index contributed by atoms with van der Waals surface area (Å²) in [5, 5.41) is 0. The molecule has 0 saturated heterocycles. The highest BCUT2D eigenvalue weighted by atomic mass is 14.7. The van der Waals surface area contributed by atoms with Crippen LogP contribution in [0.25, 0.3) is 6.08 Å². The van der Waals surface area contributed by atoms with Crippen LogP contribution in [0.5, 0.6) is 0 Å². The van der Waals surface area contributed by atoms with Crippen LogP contribution in [-0.2, 0) is 6.54 Å². The number of rotatable bonds is 1. The number of fused-ring (bicyclic) bond motifs is 1. The fraction of sp³-hybridized carbons (Fsp3) is 0.0625. The van der Waals surface area contributed by atoms with Crippen molar-refractivity contribution in [3.05, 3.63) is 77.4 Å². The van der Waals surface area contributed by atoms with Crippen molar-refractivity contribution >= 4 is 11.8 Å². The molecule has 1 nitrogen and oxygen atoms in total. The van der Waals surface area contributed by atoms with Gasteiger partial charge in [-0.2, -0.15) is 0 Å². The predicted molar refractivity (Wildman–Crippen MR) is 72.2 cm³/mol. The Morgan fingerprint density at radius 1 is 0.765 bits per heavy atom. The minimum Gasteiger partial charge on any atom is -0.280 e. The maximum absolute atomic E-state index is 4.66. The highest BCUT2D eigenvalue weighted by molar-refractivity contribution is 6.11. The molecule has 0 radical (unpaired) electrons. The summed E-state index contributed by atoms with van der Waals surface area (Å²) in [6.45, 7) is 0.757. The van der Waals surface area contributed by atoms with E-state index < -0.39 is 0 Å². The zero-order valence-electron chi connectivity index (χ0n) is 9.51. The molecule has 0 spiro atoms. The number of nitrogens with zero attached hydrogens (tertiary/aromatic N) is 1. The average Bonchev–Trinajstić information content (AvgIpc) is 2.62. The van der Waals surface area contributed by atoms with Crippen molar-refractivity contribution in [3.8, 4) is 0 Å². The van der Waals surface area contributed by atoms with Crippen molar-refractivity contribution in [2.45, 2.75) is 6.54 Å². The first-order chi connectivity index (χ1) is 8.43. The normalized spacial score (nSPS) is 13.8. The number of aliphatic imine (C=N–C) groups is 1. The molecule has 0 fully saturated rings. The van der Waals surface area contributed by atoms with E-state index in [2.05, 4.69) is 53.5 Å². The van der Waals surface area contributed by atoms with Gasteiger partial charge in [0.25, 0.3) is 0 Å². The van der Waals surface area contributed by atoms with E-state index in [-0.39, 0.29) is 0 Å². The largest absolute Gasteiger partial charge is 0.280 e. The van der Waals surface area contributed by atoms with E-state index >= 15 is 0 Å². The van der Waals surface area contributed by atoms with Crippen molar-refractivity contribution in [2.24, 2.45) is 4.99 Å². The van der Waals surface area contributed by atoms with Crippen LogP contribution < -0.4 is 0 Å². The summed E-state index contributed by atoms with van der Waals surface area (Å²) in [5.41, 5.74) is 4.79. The molecule has 0 bridgehead atoms. The van der Waals surface area contributed by atoms with E-state index in [0.29, 0.717) is 0 Å². The minimum atomic E-state index is 0.757. The molecule has 1 aliphatic heterocycles. The van der Waals surface area contributed by atoms with Gasteiger partial charge in [0.15, 0.2) is 0 Å². The molecule has 2 aromatic carbocycles. The highest BCUT2D eigenvalue weighted by Crippen LogP contribution is 2.17. The van der Waals surface area contributed by atoms with Gasteiger partial charge in [0.1, 0.15) is 0 Å². The first-order valence-electron chi connectivity index (χ1n) is 5.79. The Bertz CT molecular complexity index is 579. The second-order valence-corrected chi connectivity index (χ2v) is 4.10. The standard InChI is InChI=1S/C16H13N/c1-2-7-14(8-3-1)16-11-10-13-6-4-5-9-15(13)12-17-16/h1-11H,12H2. The van der Waals surface area contributed by atoms with Gasteiger partial charge in [0, 0.05) is 0 Å². The van der Waals surface area contributed by atoms with Gasteiger partial charge < -0.3 is 0 Å². The number of benzene rings is 2. The highest BCUT2D eigenvalue weighted by Gasteiger charge is 2.05. The number of allylic oxidation sites excluding steroid dienone is 1. The summed E-state index contributed by atoms with van der Waals surface area (Å²) in [6.07, 6.45) is 4.25. The third-order valence-electron chi connectivity index (χ3n) is 2.97. The summed E-state index contributed by atoms with van der Waals surface area (Å²) in [7, 11) is 0. The van der Waals surface area contributed by atoms with E-state index in [0.717, 1.165) is 12.3 Å². The molecule has 0 N–H and O–H groups in total. The Morgan fingerprint density at radius 3 is 2.41 bits per heavy atom. The Balaban J connectivity index is 2.00. The van der Waals surface area contributed by atoms with Crippen molar-refractivity contribution in [3.63, 3.8) is 0 Å². The van der Waals surface area contributed by atoms with Gasteiger partial charge in [-0.15, -0.1) is 0 Å². The molecule has 1 aliphatic rings. The molecule has 82 valence electrons. The fourth-order valence-electron chi connectivity index (χ4n) is 2.03. The van der Waals surface area contributed by atoms with Crippen LogP contribution in [0.15, 0.2) is 65.7 Å². The molecule has 3 rings (SSSR count). The van der Waals surface area contributed by atoms with Crippen LogP contribution in [0.2, 0.25) is 0 Å². The monoisotopic (exact) mass is 219 g/mol. The van der Waals surface area contributed by atoms with Gasteiger partial charge >= 0.3 is 0 Å². The number of hydrogen-bond donors (Lipinski definition) is 0. The van der Waals surface area contributed by atoms with Gasteiger partial charge in [-0.3, -0.25) is 4.99 Å². The smallest absolute Gasteiger partial charge is 0.0653 e. The molecule has 0 amide bonds. The average molecular weight is 219 g/mol. The first kappa shape index (κ1) is 10.0. The third kappa shape index (κ3) is 2.04. The summed E-state index contributed by atoms with van der Waals surface area (Å²) in [6, 6.07) is 18.7. The Hall–Kier alpha value is -2.15. The number of hydrogen-bond acceptors (Lipinski definition) is 1. The summed E-state index contributed by atoms with van der Waals surface area (Å²) >= 11 is 0. The van der Waals surface area contributed by atoms with Crippen LogP contribution >= 0.6 is 0 Å². The van der Waals surface area contributed by atoms with Crippen molar-refractivity contribution < 1.29 is 0 Å². The van der Waals surface area contributed by atoms with E-state index in [4.69, 9.17) is 0 Å². The van der Waals surface area contributed by atoms with Gasteiger partial charge in [-0.1, -0.05) is 60.7 Å². The maximum atomic E-state index is 4.66. The lowest BCUT2D eigenvalue weighted by Gasteiger charge is -2.00. The van der Waals surface area contributed by atoms with Crippen molar-refractivity contribution in [1.29, 1.82) is 0 Å². The Kier molecular flexibility index (Phi) is 2.59. The molecule has 0 atom stereocenters. The first-order valence-corrected chi connectivity index (χ1v) is 5.79. The van der Waals surface area contributed by atoms with E-state index in [1.165, 1.54) is 16.7 Å². The quantitative estimate of drug-likeness (QED) is 0.693. The lowest BCUT2D eigenvalue weighted by atomic mass is 10.1. The lowest BCUT2D eigenvalue weighted by molar-refractivity contribution is 1.07. The van der Waals surface area contributed by atoms with E-state index in [1.54, 1.807) is 0 Å². The van der Waals surface area contributed by atoms with E-state index in [9.17, 15) is 0 Å². The van der Waals surface area contributed by atoms with E-state index in [1.807, 2.05) is 18.2 Å². The Morgan fingerprint density at radius 2 is 1.53 bits per heavy atom. The van der Waals surface area contributed by atoms with Crippen LogP contribution in [0, 0.1) is 0 Å². The van der Waals surface area contributed by atoms with Gasteiger partial charge in [-0.25, -0.2) is 0 Å². The third-order valence-corrected chi connectivity index (χ3v) is 2.97. The van der Waals surface area contributed by atoms with Crippen LogP contribution in [-0.4, -0.2) is 5.71 Å². The molecular formula is C16H13N. The topological polar surface area (TPSA) is 12.4 Å². The fourth-order valence-corrected chi connectivity index (χ4v) is 2.03. The van der Waals surface area contributed by atoms with Gasteiger partial charge in [0.05, 0.1) is 12.3 Å². The summed E-state index contributed by atoms with van der Waals surface area (Å²) < 4.78 is 0. The van der Waals surface area contributed by atoms with Crippen molar-refractivity contribution in [1.82, 2.24) is 0 Å². The second kappa shape index (κ2) is 4.38. The maximum Gasteiger partial charge on any atom is 0.0653 e. The van der Waals surface area contributed by atoms with Gasteiger partial charge in [0.2, 0.25) is 0 Å². The molecular weight excluding hydrogens is 206 g/mol.